The van der Waals surface area contributed by atoms with Gasteiger partial charge in [-0.2, -0.15) is 0 Å². The van der Waals surface area contributed by atoms with Gasteiger partial charge in [0, 0.05) is 42.1 Å². The Morgan fingerprint density at radius 1 is 0.889 bits per heavy atom. The summed E-state index contributed by atoms with van der Waals surface area (Å²) in [6, 6.07) is 24.9. The van der Waals surface area contributed by atoms with Crippen LogP contribution in [0.4, 0.5) is 0 Å². The summed E-state index contributed by atoms with van der Waals surface area (Å²) in [5.74, 6) is 0. The Balaban J connectivity index is 1.58. The van der Waals surface area contributed by atoms with Crippen molar-refractivity contribution in [1.82, 2.24) is 9.47 Å². The molecule has 136 valence electrons. The van der Waals surface area contributed by atoms with Crippen molar-refractivity contribution in [2.24, 2.45) is 0 Å². The number of fused-ring (bicyclic) bond motifs is 4. The van der Waals surface area contributed by atoms with Gasteiger partial charge >= 0.3 is 0 Å². The third kappa shape index (κ3) is 2.67. The van der Waals surface area contributed by atoms with Crippen LogP contribution in [-0.4, -0.2) is 23.1 Å². The van der Waals surface area contributed by atoms with E-state index in [-0.39, 0.29) is 0 Å². The molecule has 0 saturated carbocycles. The number of benzene rings is 3. The molecule has 3 aromatic carbocycles. The smallest absolute Gasteiger partial charge is 0.0486 e. The third-order valence-electron chi connectivity index (χ3n) is 6.39. The molecule has 0 fully saturated rings. The number of nitrogens with zero attached hydrogens (tertiary/aromatic N) is 2. The van der Waals surface area contributed by atoms with Gasteiger partial charge in [0.05, 0.1) is 0 Å². The quantitative estimate of drug-likeness (QED) is 0.466. The fraction of sp³-hybridized carbons (Fsp3) is 0.280. The molecule has 0 bridgehead atoms. The van der Waals surface area contributed by atoms with Crippen LogP contribution in [0.5, 0.6) is 0 Å². The second-order valence-corrected chi connectivity index (χ2v) is 7.82. The van der Waals surface area contributed by atoms with E-state index in [1.54, 1.807) is 5.69 Å². The normalized spacial score (nSPS) is 17.5. The minimum atomic E-state index is 0.484. The Hall–Kier alpha value is -2.58. The zero-order valence-corrected chi connectivity index (χ0v) is 16.2. The molecule has 4 aromatic rings. The topological polar surface area (TPSA) is 8.17 Å². The number of aryl methyl sites for hydroxylation is 2. The van der Waals surface area contributed by atoms with Gasteiger partial charge in [-0.3, -0.25) is 4.90 Å². The van der Waals surface area contributed by atoms with Crippen molar-refractivity contribution in [3.63, 3.8) is 0 Å². The maximum Gasteiger partial charge on any atom is 0.0486 e. The lowest BCUT2D eigenvalue weighted by molar-refractivity contribution is 0.245. The van der Waals surface area contributed by atoms with Crippen molar-refractivity contribution in [3.8, 4) is 0 Å². The first kappa shape index (κ1) is 16.6. The average molecular weight is 354 g/mol. The van der Waals surface area contributed by atoms with Gasteiger partial charge in [-0.1, -0.05) is 60.7 Å². The number of aromatic nitrogens is 1. The van der Waals surface area contributed by atoms with Crippen LogP contribution in [0, 0.1) is 0 Å². The van der Waals surface area contributed by atoms with Crippen molar-refractivity contribution in [2.45, 2.75) is 32.4 Å². The van der Waals surface area contributed by atoms with Crippen LogP contribution in [0.3, 0.4) is 0 Å². The molecular weight excluding hydrogens is 328 g/mol. The summed E-state index contributed by atoms with van der Waals surface area (Å²) >= 11 is 0. The summed E-state index contributed by atoms with van der Waals surface area (Å²) in [5, 5.41) is 4.16. The predicted octanol–water partition coefficient (Wildman–Crippen LogP) is 5.59. The number of hydrogen-bond acceptors (Lipinski definition) is 1. The van der Waals surface area contributed by atoms with Gasteiger partial charge in [0.25, 0.3) is 0 Å². The molecule has 1 unspecified atom stereocenters. The van der Waals surface area contributed by atoms with E-state index in [1.807, 2.05) is 0 Å². The van der Waals surface area contributed by atoms with E-state index in [0.29, 0.717) is 6.04 Å². The molecule has 1 aromatic heterocycles. The number of hydrogen-bond donors (Lipinski definition) is 0. The van der Waals surface area contributed by atoms with Crippen LogP contribution in [-0.2, 0) is 19.4 Å². The fourth-order valence-corrected chi connectivity index (χ4v) is 4.81. The van der Waals surface area contributed by atoms with Crippen LogP contribution < -0.4 is 0 Å². The molecule has 0 saturated heterocycles. The van der Waals surface area contributed by atoms with Gasteiger partial charge in [-0.05, 0) is 48.4 Å². The maximum absolute atomic E-state index is 2.59. The molecule has 5 rings (SSSR count). The number of rotatable bonds is 3. The lowest BCUT2D eigenvalue weighted by Crippen LogP contribution is -2.31. The highest BCUT2D eigenvalue weighted by Crippen LogP contribution is 2.37. The van der Waals surface area contributed by atoms with Gasteiger partial charge < -0.3 is 4.57 Å². The summed E-state index contributed by atoms with van der Waals surface area (Å²) in [5.41, 5.74) is 5.92. The molecule has 0 amide bonds. The SMILES string of the molecule is CC1c2c(n(CCc3cccc4ccccc34)c3ccccc23)CCN1C. The molecule has 1 aliphatic heterocycles. The fourth-order valence-electron chi connectivity index (χ4n) is 4.81. The first-order chi connectivity index (χ1) is 13.2. The Bertz CT molecular complexity index is 1120. The van der Waals surface area contributed by atoms with E-state index < -0.39 is 0 Å². The standard InChI is InChI=1S/C25H26N2/c1-18-25-22-12-5-6-13-23(22)27(24(25)15-16-26(18)2)17-14-20-10-7-9-19-8-3-4-11-21(19)20/h3-13,18H,14-17H2,1-2H3. The van der Waals surface area contributed by atoms with E-state index in [2.05, 4.69) is 90.2 Å². The highest BCUT2D eigenvalue weighted by molar-refractivity contribution is 5.87. The maximum atomic E-state index is 2.59. The summed E-state index contributed by atoms with van der Waals surface area (Å²) < 4.78 is 2.59. The molecule has 0 spiro atoms. The van der Waals surface area contributed by atoms with Crippen molar-refractivity contribution >= 4 is 21.7 Å². The Labute approximate surface area is 161 Å². The minimum Gasteiger partial charge on any atom is -0.344 e. The van der Waals surface area contributed by atoms with E-state index in [0.717, 1.165) is 25.9 Å². The zero-order chi connectivity index (χ0) is 18.4. The highest BCUT2D eigenvalue weighted by Gasteiger charge is 2.27. The monoisotopic (exact) mass is 354 g/mol. The summed E-state index contributed by atoms with van der Waals surface area (Å²) in [6.45, 7) is 4.53. The molecule has 2 heterocycles. The largest absolute Gasteiger partial charge is 0.344 e. The Kier molecular flexibility index (Phi) is 4.02. The minimum absolute atomic E-state index is 0.484. The van der Waals surface area contributed by atoms with E-state index >= 15 is 0 Å². The van der Waals surface area contributed by atoms with Gasteiger partial charge in [0.2, 0.25) is 0 Å². The molecule has 27 heavy (non-hydrogen) atoms. The molecule has 2 nitrogen and oxygen atoms in total. The summed E-state index contributed by atoms with van der Waals surface area (Å²) in [7, 11) is 2.25. The first-order valence-corrected chi connectivity index (χ1v) is 10.0. The van der Waals surface area contributed by atoms with E-state index in [1.165, 1.54) is 32.8 Å². The van der Waals surface area contributed by atoms with Crippen LogP contribution in [0.2, 0.25) is 0 Å². The van der Waals surface area contributed by atoms with Crippen LogP contribution >= 0.6 is 0 Å². The molecule has 1 atom stereocenters. The zero-order valence-electron chi connectivity index (χ0n) is 16.2. The summed E-state index contributed by atoms with van der Waals surface area (Å²) in [4.78, 5) is 2.48. The van der Waals surface area contributed by atoms with Gasteiger partial charge in [-0.25, -0.2) is 0 Å². The second kappa shape index (κ2) is 6.54. The Morgan fingerprint density at radius 2 is 1.63 bits per heavy atom. The number of para-hydroxylation sites is 1. The lowest BCUT2D eigenvalue weighted by Gasteiger charge is -2.31. The second-order valence-electron chi connectivity index (χ2n) is 7.82. The number of likely N-dealkylation sites (N-methyl/N-ethyl adjacent to an activating group) is 1. The van der Waals surface area contributed by atoms with Gasteiger partial charge in [0.15, 0.2) is 0 Å². The molecule has 0 radical (unpaired) electrons. The van der Waals surface area contributed by atoms with Crippen molar-refractivity contribution in [2.75, 3.05) is 13.6 Å². The average Bonchev–Trinajstić information content (AvgIpc) is 3.03. The van der Waals surface area contributed by atoms with E-state index in [4.69, 9.17) is 0 Å². The van der Waals surface area contributed by atoms with Crippen molar-refractivity contribution in [3.05, 3.63) is 83.6 Å². The van der Waals surface area contributed by atoms with Crippen LogP contribution in [0.25, 0.3) is 21.7 Å². The molecule has 0 N–H and O–H groups in total. The molecule has 0 aliphatic carbocycles. The summed E-state index contributed by atoms with van der Waals surface area (Å²) in [6.07, 6.45) is 2.21. The van der Waals surface area contributed by atoms with Crippen LogP contribution in [0.1, 0.15) is 29.8 Å². The lowest BCUT2D eigenvalue weighted by atomic mass is 9.97. The first-order valence-electron chi connectivity index (χ1n) is 10.0. The molecular formula is C25H26N2. The van der Waals surface area contributed by atoms with Crippen molar-refractivity contribution < 1.29 is 0 Å². The van der Waals surface area contributed by atoms with Gasteiger partial charge in [-0.15, -0.1) is 0 Å². The van der Waals surface area contributed by atoms with Gasteiger partial charge in [0.1, 0.15) is 0 Å². The van der Waals surface area contributed by atoms with Crippen molar-refractivity contribution in [1.29, 1.82) is 0 Å². The molecule has 2 heteroatoms. The Morgan fingerprint density at radius 3 is 2.52 bits per heavy atom. The molecule has 1 aliphatic rings. The van der Waals surface area contributed by atoms with E-state index in [9.17, 15) is 0 Å². The highest BCUT2D eigenvalue weighted by atomic mass is 15.1. The predicted molar refractivity (Wildman–Crippen MR) is 114 cm³/mol. The van der Waals surface area contributed by atoms with Crippen LogP contribution in [0.15, 0.2) is 66.7 Å². The third-order valence-corrected chi connectivity index (χ3v) is 6.39.